The van der Waals surface area contributed by atoms with Crippen LogP contribution in [0.5, 0.6) is 0 Å². The molecule has 3 N–H and O–H groups in total. The summed E-state index contributed by atoms with van der Waals surface area (Å²) in [4.78, 5) is 12.0. The number of nitrogens with one attached hydrogen (secondary N) is 1. The van der Waals surface area contributed by atoms with Crippen LogP contribution in [-0.4, -0.2) is 14.3 Å². The molecule has 0 atom stereocenters. The average molecular weight is 390 g/mol. The molecule has 2 rings (SSSR count). The summed E-state index contributed by atoms with van der Waals surface area (Å²) in [5, 5.41) is 7.85. The van der Waals surface area contributed by atoms with Crippen LogP contribution in [0.15, 0.2) is 51.8 Å². The molecule has 0 heterocycles. The summed E-state index contributed by atoms with van der Waals surface area (Å²) in [6.07, 6.45) is 0. The lowest BCUT2D eigenvalue weighted by Gasteiger charge is -2.10. The molecule has 0 saturated carbocycles. The highest BCUT2D eigenvalue weighted by Gasteiger charge is 2.17. The Bertz CT molecular complexity index is 809. The number of carbonyl (C=O) groups excluding carboxylic acids is 1. The van der Waals surface area contributed by atoms with Gasteiger partial charge < -0.3 is 5.32 Å². The van der Waals surface area contributed by atoms with E-state index in [1.54, 1.807) is 18.2 Å². The van der Waals surface area contributed by atoms with Gasteiger partial charge in [0, 0.05) is 4.47 Å². The molecule has 21 heavy (non-hydrogen) atoms. The molecule has 110 valence electrons. The number of rotatable bonds is 3. The second-order valence-corrected chi connectivity index (χ2v) is 6.97. The quantitative estimate of drug-likeness (QED) is 0.845. The topological polar surface area (TPSA) is 89.3 Å². The summed E-state index contributed by atoms with van der Waals surface area (Å²) in [6.45, 7) is 0. The van der Waals surface area contributed by atoms with Crippen LogP contribution >= 0.6 is 27.5 Å². The monoisotopic (exact) mass is 388 g/mol. The SMILES string of the molecule is NS(=O)(=O)c1ccccc1NC(=O)c1ccc(Br)cc1Cl. The minimum atomic E-state index is -3.93. The van der Waals surface area contributed by atoms with Gasteiger partial charge in [0.05, 0.1) is 16.3 Å². The number of amides is 1. The highest BCUT2D eigenvalue weighted by molar-refractivity contribution is 9.10. The maximum Gasteiger partial charge on any atom is 0.257 e. The van der Waals surface area contributed by atoms with Crippen LogP contribution in [0, 0.1) is 0 Å². The minimum Gasteiger partial charge on any atom is -0.321 e. The highest BCUT2D eigenvalue weighted by Crippen LogP contribution is 2.24. The molecule has 0 fully saturated rings. The molecular weight excluding hydrogens is 380 g/mol. The normalized spacial score (nSPS) is 11.2. The van der Waals surface area contributed by atoms with E-state index in [9.17, 15) is 13.2 Å². The molecule has 0 aromatic heterocycles. The van der Waals surface area contributed by atoms with Crippen molar-refractivity contribution in [2.75, 3.05) is 5.32 Å². The zero-order valence-electron chi connectivity index (χ0n) is 10.5. The van der Waals surface area contributed by atoms with Gasteiger partial charge >= 0.3 is 0 Å². The fraction of sp³-hybridized carbons (Fsp3) is 0. The van der Waals surface area contributed by atoms with Crippen molar-refractivity contribution in [2.45, 2.75) is 4.90 Å². The number of sulfonamides is 1. The van der Waals surface area contributed by atoms with Gasteiger partial charge in [-0.2, -0.15) is 0 Å². The summed E-state index contributed by atoms with van der Waals surface area (Å²) in [5.41, 5.74) is 0.327. The van der Waals surface area contributed by atoms with E-state index < -0.39 is 15.9 Å². The van der Waals surface area contributed by atoms with Gasteiger partial charge in [-0.05, 0) is 30.3 Å². The molecule has 1 amide bonds. The predicted octanol–water partition coefficient (Wildman–Crippen LogP) is 3.00. The molecular formula is C13H10BrClN2O3S. The average Bonchev–Trinajstić information content (AvgIpc) is 2.37. The van der Waals surface area contributed by atoms with Crippen molar-refractivity contribution in [3.63, 3.8) is 0 Å². The number of carbonyl (C=O) groups is 1. The Morgan fingerprint density at radius 2 is 1.86 bits per heavy atom. The highest BCUT2D eigenvalue weighted by atomic mass is 79.9. The first-order valence-corrected chi connectivity index (χ1v) is 8.39. The van der Waals surface area contributed by atoms with Crippen molar-refractivity contribution in [3.05, 3.63) is 57.5 Å². The summed E-state index contributed by atoms with van der Waals surface area (Å²) in [6, 6.07) is 10.6. The molecule has 0 spiro atoms. The van der Waals surface area contributed by atoms with E-state index in [0.29, 0.717) is 0 Å². The lowest BCUT2D eigenvalue weighted by Crippen LogP contribution is -2.18. The minimum absolute atomic E-state index is 0.101. The second kappa shape index (κ2) is 6.15. The van der Waals surface area contributed by atoms with Crippen molar-refractivity contribution >= 4 is 49.1 Å². The van der Waals surface area contributed by atoms with Crippen LogP contribution in [0.3, 0.4) is 0 Å². The predicted molar refractivity (Wildman–Crippen MR) is 84.9 cm³/mol. The van der Waals surface area contributed by atoms with Crippen LogP contribution in [0.2, 0.25) is 5.02 Å². The number of anilines is 1. The van der Waals surface area contributed by atoms with Crippen LogP contribution in [-0.2, 0) is 10.0 Å². The maximum absolute atomic E-state index is 12.2. The van der Waals surface area contributed by atoms with Gasteiger partial charge in [0.2, 0.25) is 10.0 Å². The molecule has 0 aliphatic carbocycles. The summed E-state index contributed by atoms with van der Waals surface area (Å²) in [7, 11) is -3.93. The van der Waals surface area contributed by atoms with Crippen molar-refractivity contribution in [1.82, 2.24) is 0 Å². The van der Waals surface area contributed by atoms with Crippen LogP contribution in [0.4, 0.5) is 5.69 Å². The number of hydrogen-bond acceptors (Lipinski definition) is 3. The van der Waals surface area contributed by atoms with Crippen molar-refractivity contribution in [1.29, 1.82) is 0 Å². The van der Waals surface area contributed by atoms with Gasteiger partial charge in [-0.3, -0.25) is 4.79 Å². The summed E-state index contributed by atoms with van der Waals surface area (Å²) >= 11 is 9.22. The molecule has 0 aliphatic rings. The third-order valence-electron chi connectivity index (χ3n) is 2.62. The van der Waals surface area contributed by atoms with Crippen LogP contribution in [0.25, 0.3) is 0 Å². The molecule has 5 nitrogen and oxygen atoms in total. The summed E-state index contributed by atoms with van der Waals surface area (Å²) in [5.74, 6) is -0.524. The van der Waals surface area contributed by atoms with Gasteiger partial charge in [-0.25, -0.2) is 13.6 Å². The first kappa shape index (κ1) is 16.0. The zero-order chi connectivity index (χ0) is 15.6. The van der Waals surface area contributed by atoms with E-state index in [4.69, 9.17) is 16.7 Å². The van der Waals surface area contributed by atoms with Crippen molar-refractivity contribution in [3.8, 4) is 0 Å². The Kier molecular flexibility index (Phi) is 4.67. The molecule has 0 saturated heterocycles. The first-order valence-electron chi connectivity index (χ1n) is 5.67. The lowest BCUT2D eigenvalue weighted by molar-refractivity contribution is 0.102. The lowest BCUT2D eigenvalue weighted by atomic mass is 10.2. The Morgan fingerprint density at radius 1 is 1.19 bits per heavy atom. The number of halogens is 2. The molecule has 0 unspecified atom stereocenters. The van der Waals surface area contributed by atoms with Crippen LogP contribution in [0.1, 0.15) is 10.4 Å². The number of para-hydroxylation sites is 1. The second-order valence-electron chi connectivity index (χ2n) is 4.12. The van der Waals surface area contributed by atoms with E-state index in [2.05, 4.69) is 21.2 Å². The van der Waals surface area contributed by atoms with E-state index in [0.717, 1.165) is 4.47 Å². The van der Waals surface area contributed by atoms with Crippen LogP contribution < -0.4 is 10.5 Å². The van der Waals surface area contributed by atoms with Gasteiger partial charge in [-0.15, -0.1) is 0 Å². The number of nitrogens with two attached hydrogens (primary N) is 1. The van der Waals surface area contributed by atoms with Gasteiger partial charge in [-0.1, -0.05) is 39.7 Å². The molecule has 0 radical (unpaired) electrons. The molecule has 8 heteroatoms. The van der Waals surface area contributed by atoms with Gasteiger partial charge in [0.25, 0.3) is 5.91 Å². The fourth-order valence-corrected chi connectivity index (χ4v) is 3.13. The zero-order valence-corrected chi connectivity index (χ0v) is 13.7. The Labute approximate surface area is 135 Å². The number of primary sulfonamides is 1. The van der Waals surface area contributed by atoms with E-state index in [-0.39, 0.29) is 21.2 Å². The third-order valence-corrected chi connectivity index (χ3v) is 4.39. The van der Waals surface area contributed by atoms with E-state index in [1.165, 1.54) is 24.3 Å². The molecule has 0 aliphatic heterocycles. The molecule has 2 aromatic carbocycles. The maximum atomic E-state index is 12.2. The van der Waals surface area contributed by atoms with Crippen molar-refractivity contribution in [2.24, 2.45) is 5.14 Å². The van der Waals surface area contributed by atoms with E-state index in [1.807, 2.05) is 0 Å². The Balaban J connectivity index is 2.37. The molecule has 0 bridgehead atoms. The molecule has 2 aromatic rings. The Hall–Kier alpha value is -1.41. The van der Waals surface area contributed by atoms with E-state index >= 15 is 0 Å². The standard InChI is InChI=1S/C13H10BrClN2O3S/c14-8-5-6-9(10(15)7-8)13(18)17-11-3-1-2-4-12(11)21(16,19)20/h1-7H,(H,17,18)(H2,16,19,20). The number of benzene rings is 2. The Morgan fingerprint density at radius 3 is 2.48 bits per heavy atom. The number of hydrogen-bond donors (Lipinski definition) is 2. The van der Waals surface area contributed by atoms with Gasteiger partial charge in [0.15, 0.2) is 0 Å². The smallest absolute Gasteiger partial charge is 0.257 e. The van der Waals surface area contributed by atoms with Crippen molar-refractivity contribution < 1.29 is 13.2 Å². The largest absolute Gasteiger partial charge is 0.321 e. The summed E-state index contributed by atoms with van der Waals surface area (Å²) < 4.78 is 23.7. The third kappa shape index (κ3) is 3.82. The van der Waals surface area contributed by atoms with Gasteiger partial charge in [0.1, 0.15) is 4.90 Å². The first-order chi connectivity index (χ1) is 9.79. The fourth-order valence-electron chi connectivity index (χ4n) is 1.68.